The van der Waals surface area contributed by atoms with Crippen LogP contribution in [0.5, 0.6) is 0 Å². The van der Waals surface area contributed by atoms with Crippen LogP contribution in [-0.2, 0) is 14.3 Å². The minimum atomic E-state index is 0.0662. The number of morpholine rings is 1. The summed E-state index contributed by atoms with van der Waals surface area (Å²) in [5.74, 6) is 1.82. The van der Waals surface area contributed by atoms with Gasteiger partial charge in [0, 0.05) is 56.2 Å². The van der Waals surface area contributed by atoms with Gasteiger partial charge < -0.3 is 14.5 Å². The molecular weight excluding hydrogens is 398 g/mol. The Morgan fingerprint density at radius 2 is 1.70 bits per heavy atom. The number of para-hydroxylation sites is 1. The molecule has 4 rings (SSSR count). The topological polar surface area (TPSA) is 53.1 Å². The lowest BCUT2D eigenvalue weighted by molar-refractivity contribution is -0.134. The maximum atomic E-state index is 12.8. The monoisotopic (exact) mass is 431 g/mol. The molecule has 0 radical (unpaired) electrons. The Bertz CT molecular complexity index is 730. The molecule has 30 heavy (non-hydrogen) atoms. The van der Waals surface area contributed by atoms with E-state index in [1.807, 2.05) is 28.0 Å². The lowest BCUT2D eigenvalue weighted by atomic mass is 9.93. The lowest BCUT2D eigenvalue weighted by Crippen LogP contribution is -2.41. The summed E-state index contributed by atoms with van der Waals surface area (Å²) in [5, 5.41) is 0. The zero-order chi connectivity index (χ0) is 20.8. The first-order valence-electron chi connectivity index (χ1n) is 11.3. The van der Waals surface area contributed by atoms with E-state index < -0.39 is 0 Å². The zero-order valence-corrected chi connectivity index (χ0v) is 18.6. The highest BCUT2D eigenvalue weighted by Gasteiger charge is 2.26. The number of anilines is 1. The summed E-state index contributed by atoms with van der Waals surface area (Å²) in [5.41, 5.74) is 0.993. The average molecular weight is 432 g/mol. The number of hydrogen-bond acceptors (Lipinski definition) is 5. The van der Waals surface area contributed by atoms with Crippen molar-refractivity contribution in [3.05, 3.63) is 24.3 Å². The molecule has 0 unspecified atom stereocenters. The van der Waals surface area contributed by atoms with E-state index in [1.165, 1.54) is 6.42 Å². The van der Waals surface area contributed by atoms with Gasteiger partial charge in [-0.2, -0.15) is 0 Å². The Kier molecular flexibility index (Phi) is 7.68. The fraction of sp³-hybridized carbons (Fsp3) is 0.652. The third-order valence-corrected chi connectivity index (χ3v) is 7.55. The molecule has 3 aliphatic rings. The van der Waals surface area contributed by atoms with E-state index in [1.54, 1.807) is 11.8 Å². The highest BCUT2D eigenvalue weighted by molar-refractivity contribution is 7.99. The summed E-state index contributed by atoms with van der Waals surface area (Å²) in [6.07, 6.45) is 4.01. The minimum Gasteiger partial charge on any atom is -0.379 e. The van der Waals surface area contributed by atoms with Crippen LogP contribution in [0, 0.1) is 5.92 Å². The number of carbonyl (C=O) groups is 2. The van der Waals surface area contributed by atoms with Gasteiger partial charge in [0.2, 0.25) is 11.8 Å². The molecule has 1 aromatic carbocycles. The maximum absolute atomic E-state index is 12.8. The number of benzene rings is 1. The standard InChI is InChI=1S/C23H33N3O3S/c27-22(5-6-23(28)26-15-18-30-21-4-2-1-3-20(21)26)25-11-8-19(9-12-25)7-10-24-13-16-29-17-14-24/h1-4,19H,5-18H2. The van der Waals surface area contributed by atoms with Crippen molar-refractivity contribution in [3.63, 3.8) is 0 Å². The van der Waals surface area contributed by atoms with Gasteiger partial charge in [-0.1, -0.05) is 12.1 Å². The molecule has 164 valence electrons. The summed E-state index contributed by atoms with van der Waals surface area (Å²) < 4.78 is 5.41. The van der Waals surface area contributed by atoms with Gasteiger partial charge in [-0.25, -0.2) is 0 Å². The minimum absolute atomic E-state index is 0.0662. The van der Waals surface area contributed by atoms with Gasteiger partial charge in [0.25, 0.3) is 0 Å². The van der Waals surface area contributed by atoms with Gasteiger partial charge in [-0.05, 0) is 43.9 Å². The van der Waals surface area contributed by atoms with Gasteiger partial charge in [0.1, 0.15) is 0 Å². The highest BCUT2D eigenvalue weighted by atomic mass is 32.2. The van der Waals surface area contributed by atoms with Crippen molar-refractivity contribution in [1.29, 1.82) is 0 Å². The Morgan fingerprint density at radius 3 is 2.50 bits per heavy atom. The van der Waals surface area contributed by atoms with Gasteiger partial charge in [0.15, 0.2) is 0 Å². The van der Waals surface area contributed by atoms with Crippen molar-refractivity contribution in [3.8, 4) is 0 Å². The van der Waals surface area contributed by atoms with Crippen molar-refractivity contribution < 1.29 is 14.3 Å². The summed E-state index contributed by atoms with van der Waals surface area (Å²) in [6, 6.07) is 8.05. The van der Waals surface area contributed by atoms with E-state index in [0.29, 0.717) is 18.8 Å². The van der Waals surface area contributed by atoms with Crippen LogP contribution in [0.4, 0.5) is 5.69 Å². The Labute approximate surface area is 183 Å². The maximum Gasteiger partial charge on any atom is 0.227 e. The number of likely N-dealkylation sites (tertiary alicyclic amines) is 1. The number of carbonyl (C=O) groups excluding carboxylic acids is 2. The van der Waals surface area contributed by atoms with Gasteiger partial charge in [-0.3, -0.25) is 14.5 Å². The van der Waals surface area contributed by atoms with E-state index >= 15 is 0 Å². The number of nitrogens with zero attached hydrogens (tertiary/aromatic N) is 3. The number of thioether (sulfide) groups is 1. The summed E-state index contributed by atoms with van der Waals surface area (Å²) in [4.78, 5) is 32.9. The SMILES string of the molecule is O=C(CCC(=O)N1CCSc2ccccc21)N1CCC(CCN2CCOCC2)CC1. The second-order valence-electron chi connectivity index (χ2n) is 8.43. The molecule has 0 bridgehead atoms. The van der Waals surface area contributed by atoms with Crippen molar-refractivity contribution >= 4 is 29.3 Å². The predicted octanol–water partition coefficient (Wildman–Crippen LogP) is 2.87. The Hall–Kier alpha value is -1.57. The summed E-state index contributed by atoms with van der Waals surface area (Å²) in [6.45, 7) is 7.35. The number of rotatable bonds is 6. The second kappa shape index (κ2) is 10.6. The molecule has 3 aliphatic heterocycles. The normalized spacial score (nSPS) is 20.8. The van der Waals surface area contributed by atoms with Crippen molar-refractivity contribution in [2.24, 2.45) is 5.92 Å². The molecule has 0 spiro atoms. The van der Waals surface area contributed by atoms with Gasteiger partial charge in [0.05, 0.1) is 18.9 Å². The highest BCUT2D eigenvalue weighted by Crippen LogP contribution is 2.34. The van der Waals surface area contributed by atoms with E-state index in [-0.39, 0.29) is 11.8 Å². The van der Waals surface area contributed by atoms with Gasteiger partial charge in [-0.15, -0.1) is 11.8 Å². The third kappa shape index (κ3) is 5.56. The van der Waals surface area contributed by atoms with Crippen LogP contribution in [-0.4, -0.2) is 79.8 Å². The van der Waals surface area contributed by atoms with E-state index in [9.17, 15) is 9.59 Å². The molecule has 0 saturated carbocycles. The van der Waals surface area contributed by atoms with Crippen LogP contribution in [0.1, 0.15) is 32.1 Å². The molecule has 0 aliphatic carbocycles. The van der Waals surface area contributed by atoms with Crippen molar-refractivity contribution in [1.82, 2.24) is 9.80 Å². The van der Waals surface area contributed by atoms with Crippen LogP contribution in [0.3, 0.4) is 0 Å². The molecule has 0 N–H and O–H groups in total. The fourth-order valence-corrected chi connectivity index (χ4v) is 5.59. The van der Waals surface area contributed by atoms with Crippen LogP contribution >= 0.6 is 11.8 Å². The molecule has 0 aromatic heterocycles. The summed E-state index contributed by atoms with van der Waals surface area (Å²) in [7, 11) is 0. The predicted molar refractivity (Wildman–Crippen MR) is 120 cm³/mol. The quantitative estimate of drug-likeness (QED) is 0.693. The van der Waals surface area contributed by atoms with Crippen LogP contribution < -0.4 is 4.90 Å². The molecule has 7 heteroatoms. The number of piperidine rings is 1. The molecule has 3 heterocycles. The van der Waals surface area contributed by atoms with E-state index in [4.69, 9.17) is 4.74 Å². The first-order chi connectivity index (χ1) is 14.7. The molecule has 0 atom stereocenters. The number of fused-ring (bicyclic) bond motifs is 1. The first kappa shape index (κ1) is 21.7. The third-order valence-electron chi connectivity index (χ3n) is 6.51. The Balaban J connectivity index is 1.18. The molecule has 6 nitrogen and oxygen atoms in total. The molecule has 2 amide bonds. The number of amides is 2. The van der Waals surface area contributed by atoms with Crippen molar-refractivity contribution in [2.75, 3.05) is 63.1 Å². The number of ether oxygens (including phenoxy) is 1. The largest absolute Gasteiger partial charge is 0.379 e. The molecule has 1 aromatic rings. The van der Waals surface area contributed by atoms with E-state index in [2.05, 4.69) is 11.0 Å². The fourth-order valence-electron chi connectivity index (χ4n) is 4.60. The average Bonchev–Trinajstić information content (AvgIpc) is 2.81. The molecule has 2 fully saturated rings. The Morgan fingerprint density at radius 1 is 0.967 bits per heavy atom. The lowest BCUT2D eigenvalue weighted by Gasteiger charge is -2.34. The molecule has 2 saturated heterocycles. The van der Waals surface area contributed by atoms with E-state index in [0.717, 1.165) is 81.7 Å². The number of hydrogen-bond donors (Lipinski definition) is 0. The smallest absolute Gasteiger partial charge is 0.227 e. The van der Waals surface area contributed by atoms with Crippen LogP contribution in [0.15, 0.2) is 29.2 Å². The van der Waals surface area contributed by atoms with Crippen LogP contribution in [0.2, 0.25) is 0 Å². The molecular formula is C23H33N3O3S. The first-order valence-corrected chi connectivity index (χ1v) is 12.3. The summed E-state index contributed by atoms with van der Waals surface area (Å²) >= 11 is 1.79. The second-order valence-corrected chi connectivity index (χ2v) is 9.57. The van der Waals surface area contributed by atoms with Gasteiger partial charge >= 0.3 is 0 Å². The zero-order valence-electron chi connectivity index (χ0n) is 17.8. The van der Waals surface area contributed by atoms with Crippen molar-refractivity contribution in [2.45, 2.75) is 37.0 Å². The van der Waals surface area contributed by atoms with Crippen LogP contribution in [0.25, 0.3) is 0 Å².